The van der Waals surface area contributed by atoms with Crippen molar-refractivity contribution in [2.45, 2.75) is 25.6 Å². The molecule has 0 saturated heterocycles. The topological polar surface area (TPSA) is 37.8 Å². The predicted octanol–water partition coefficient (Wildman–Crippen LogP) is 3.79. The summed E-state index contributed by atoms with van der Waals surface area (Å²) in [6.45, 7) is 2.60. The number of aromatic nitrogens is 2. The number of nitrogens with zero attached hydrogens (tertiary/aromatic N) is 2. The fourth-order valence-corrected chi connectivity index (χ4v) is 2.52. The zero-order chi connectivity index (χ0) is 15.5. The van der Waals surface area contributed by atoms with Crippen LogP contribution in [-0.4, -0.2) is 16.1 Å². The van der Waals surface area contributed by atoms with E-state index in [0.717, 1.165) is 35.0 Å². The van der Waals surface area contributed by atoms with Gasteiger partial charge in [0.05, 0.1) is 22.7 Å². The highest BCUT2D eigenvalue weighted by atomic mass is 32.1. The Labute approximate surface area is 123 Å². The number of hydrogen-bond acceptors (Lipinski definition) is 4. The van der Waals surface area contributed by atoms with Gasteiger partial charge in [0.2, 0.25) is 0 Å². The largest absolute Gasteiger partial charge is 0.419 e. The molecule has 1 N–H and O–H groups in total. The first kappa shape index (κ1) is 15.8. The molecule has 0 radical (unpaired) electrons. The summed E-state index contributed by atoms with van der Waals surface area (Å²) in [6.07, 6.45) is -2.33. The van der Waals surface area contributed by atoms with Crippen molar-refractivity contribution in [1.29, 1.82) is 0 Å². The minimum absolute atomic E-state index is 0.415. The molecule has 1 aromatic carbocycles. The van der Waals surface area contributed by atoms with E-state index in [1.807, 2.05) is 6.92 Å². The third kappa shape index (κ3) is 3.76. The van der Waals surface area contributed by atoms with Gasteiger partial charge < -0.3 is 5.32 Å². The van der Waals surface area contributed by atoms with Crippen LogP contribution in [-0.2, 0) is 6.18 Å². The Hall–Kier alpha value is -1.54. The molecule has 21 heavy (non-hydrogen) atoms. The van der Waals surface area contributed by atoms with E-state index in [-0.39, 0.29) is 0 Å². The highest BCUT2D eigenvalue weighted by Crippen LogP contribution is 2.33. The molecule has 0 amide bonds. The van der Waals surface area contributed by atoms with Gasteiger partial charge in [-0.2, -0.15) is 13.2 Å². The average Bonchev–Trinajstić information content (AvgIpc) is 2.91. The van der Waals surface area contributed by atoms with Crippen LogP contribution in [0.15, 0.2) is 24.4 Å². The molecule has 3 nitrogen and oxygen atoms in total. The standard InChI is InChI=1S/C13H13F4N3S/c1-2-5-18-12(11-7-19-20-21-11)8-3-4-9(10(14)6-8)13(15,16)17/h3-4,6-7,12,18H,2,5H2,1H3. The van der Waals surface area contributed by atoms with Crippen LogP contribution in [0.4, 0.5) is 17.6 Å². The predicted molar refractivity (Wildman–Crippen MR) is 71.4 cm³/mol. The van der Waals surface area contributed by atoms with Gasteiger partial charge in [-0.3, -0.25) is 0 Å². The summed E-state index contributed by atoms with van der Waals surface area (Å²) in [5.41, 5.74) is -0.845. The molecular weight excluding hydrogens is 306 g/mol. The van der Waals surface area contributed by atoms with Gasteiger partial charge in [0.25, 0.3) is 0 Å². The van der Waals surface area contributed by atoms with E-state index in [0.29, 0.717) is 12.1 Å². The summed E-state index contributed by atoms with van der Waals surface area (Å²) in [6, 6.07) is 2.54. The molecule has 0 saturated carbocycles. The maximum atomic E-state index is 13.7. The van der Waals surface area contributed by atoms with E-state index in [1.165, 1.54) is 12.3 Å². The second kappa shape index (κ2) is 6.48. The Kier molecular flexibility index (Phi) is 4.89. The van der Waals surface area contributed by atoms with Crippen molar-refractivity contribution in [2.75, 3.05) is 6.54 Å². The minimum Gasteiger partial charge on any atom is -0.305 e. The van der Waals surface area contributed by atoms with Gasteiger partial charge in [0, 0.05) is 0 Å². The van der Waals surface area contributed by atoms with E-state index in [9.17, 15) is 17.6 Å². The molecule has 0 fully saturated rings. The second-order valence-corrected chi connectivity index (χ2v) is 5.26. The lowest BCUT2D eigenvalue weighted by molar-refractivity contribution is -0.140. The lowest BCUT2D eigenvalue weighted by Crippen LogP contribution is -2.23. The van der Waals surface area contributed by atoms with E-state index < -0.39 is 23.6 Å². The lowest BCUT2D eigenvalue weighted by atomic mass is 10.0. The van der Waals surface area contributed by atoms with Crippen molar-refractivity contribution in [3.05, 3.63) is 46.2 Å². The van der Waals surface area contributed by atoms with Crippen LogP contribution >= 0.6 is 11.5 Å². The number of hydrogen-bond donors (Lipinski definition) is 1. The first-order chi connectivity index (χ1) is 9.93. The molecule has 1 atom stereocenters. The lowest BCUT2D eigenvalue weighted by Gasteiger charge is -2.18. The zero-order valence-corrected chi connectivity index (χ0v) is 11.9. The van der Waals surface area contributed by atoms with Crippen LogP contribution in [0.3, 0.4) is 0 Å². The molecule has 2 aromatic rings. The Bertz CT molecular complexity index is 584. The Morgan fingerprint density at radius 1 is 1.33 bits per heavy atom. The summed E-state index contributed by atoms with van der Waals surface area (Å²) in [7, 11) is 0. The molecular formula is C13H13F4N3S. The molecule has 1 aromatic heterocycles. The molecule has 1 unspecified atom stereocenters. The van der Waals surface area contributed by atoms with Crippen LogP contribution in [0.2, 0.25) is 0 Å². The fraction of sp³-hybridized carbons (Fsp3) is 0.385. The van der Waals surface area contributed by atoms with Crippen LogP contribution < -0.4 is 5.32 Å². The second-order valence-electron chi connectivity index (χ2n) is 4.44. The van der Waals surface area contributed by atoms with Crippen LogP contribution in [0.1, 0.15) is 35.4 Å². The van der Waals surface area contributed by atoms with Gasteiger partial charge in [0.15, 0.2) is 0 Å². The average molecular weight is 319 g/mol. The number of alkyl halides is 3. The van der Waals surface area contributed by atoms with Gasteiger partial charge in [0.1, 0.15) is 5.82 Å². The van der Waals surface area contributed by atoms with Gasteiger partial charge in [-0.25, -0.2) is 4.39 Å². The summed E-state index contributed by atoms with van der Waals surface area (Å²) in [5.74, 6) is -1.28. The first-order valence-corrected chi connectivity index (χ1v) is 7.08. The third-order valence-corrected chi connectivity index (χ3v) is 3.62. The molecule has 2 rings (SSSR count). The molecule has 0 aliphatic rings. The smallest absolute Gasteiger partial charge is 0.305 e. The Balaban J connectivity index is 2.35. The van der Waals surface area contributed by atoms with Crippen LogP contribution in [0.25, 0.3) is 0 Å². The Morgan fingerprint density at radius 2 is 2.10 bits per heavy atom. The maximum absolute atomic E-state index is 13.7. The van der Waals surface area contributed by atoms with E-state index in [2.05, 4.69) is 14.9 Å². The molecule has 0 bridgehead atoms. The van der Waals surface area contributed by atoms with Gasteiger partial charge in [-0.15, -0.1) is 5.10 Å². The summed E-state index contributed by atoms with van der Waals surface area (Å²) < 4.78 is 55.2. The van der Waals surface area contributed by atoms with Crippen molar-refractivity contribution < 1.29 is 17.6 Å². The van der Waals surface area contributed by atoms with Crippen LogP contribution in [0.5, 0.6) is 0 Å². The molecule has 0 aliphatic heterocycles. The Morgan fingerprint density at radius 3 is 2.62 bits per heavy atom. The van der Waals surface area contributed by atoms with E-state index in [4.69, 9.17) is 0 Å². The van der Waals surface area contributed by atoms with E-state index in [1.54, 1.807) is 0 Å². The number of nitrogens with one attached hydrogen (secondary N) is 1. The SMILES string of the molecule is CCCNC(c1ccc(C(F)(F)F)c(F)c1)c1cnns1. The van der Waals surface area contributed by atoms with Gasteiger partial charge in [-0.1, -0.05) is 17.5 Å². The molecule has 1 heterocycles. The highest BCUT2D eigenvalue weighted by molar-refractivity contribution is 7.05. The van der Waals surface area contributed by atoms with Gasteiger partial charge >= 0.3 is 6.18 Å². The fourth-order valence-electron chi connectivity index (χ4n) is 1.91. The monoisotopic (exact) mass is 319 g/mol. The van der Waals surface area contributed by atoms with E-state index >= 15 is 0 Å². The quantitative estimate of drug-likeness (QED) is 0.852. The summed E-state index contributed by atoms with van der Waals surface area (Å²) >= 11 is 1.12. The summed E-state index contributed by atoms with van der Waals surface area (Å²) in [5, 5.41) is 6.87. The number of benzene rings is 1. The van der Waals surface area contributed by atoms with Crippen molar-refractivity contribution in [1.82, 2.24) is 14.9 Å². The van der Waals surface area contributed by atoms with Crippen molar-refractivity contribution in [2.24, 2.45) is 0 Å². The minimum atomic E-state index is -4.69. The van der Waals surface area contributed by atoms with Gasteiger partial charge in [-0.05, 0) is 42.2 Å². The van der Waals surface area contributed by atoms with Crippen molar-refractivity contribution in [3.8, 4) is 0 Å². The van der Waals surface area contributed by atoms with Crippen LogP contribution in [0, 0.1) is 5.82 Å². The number of rotatable bonds is 5. The maximum Gasteiger partial charge on any atom is 0.419 e. The normalized spacial score (nSPS) is 13.4. The molecule has 0 spiro atoms. The summed E-state index contributed by atoms with van der Waals surface area (Å²) in [4.78, 5) is 0.725. The first-order valence-electron chi connectivity index (χ1n) is 6.30. The van der Waals surface area contributed by atoms with Crippen molar-refractivity contribution in [3.63, 3.8) is 0 Å². The number of halogens is 4. The third-order valence-electron chi connectivity index (χ3n) is 2.89. The molecule has 8 heteroatoms. The molecule has 114 valence electrons. The molecule has 0 aliphatic carbocycles. The highest BCUT2D eigenvalue weighted by Gasteiger charge is 2.34. The van der Waals surface area contributed by atoms with Crippen molar-refractivity contribution >= 4 is 11.5 Å². The zero-order valence-electron chi connectivity index (χ0n) is 11.1.